The van der Waals surface area contributed by atoms with Gasteiger partial charge in [-0.25, -0.2) is 0 Å². The minimum Gasteiger partial charge on any atom is -0.343 e. The molecule has 3 heteroatoms. The van der Waals surface area contributed by atoms with Crippen LogP contribution in [0.15, 0.2) is 103 Å². The van der Waals surface area contributed by atoms with Crippen molar-refractivity contribution in [2.24, 2.45) is 7.05 Å². The van der Waals surface area contributed by atoms with Crippen molar-refractivity contribution in [2.45, 2.75) is 19.5 Å². The third-order valence-corrected chi connectivity index (χ3v) is 7.00. The van der Waals surface area contributed by atoms with Gasteiger partial charge in [0, 0.05) is 35.6 Å². The first-order valence-corrected chi connectivity index (χ1v) is 11.7. The lowest BCUT2D eigenvalue weighted by atomic mass is 9.92. The molecule has 1 amide bonds. The summed E-state index contributed by atoms with van der Waals surface area (Å²) in [5, 5.41) is 1.19. The van der Waals surface area contributed by atoms with Crippen LogP contribution in [0.25, 0.3) is 22.2 Å². The van der Waals surface area contributed by atoms with Crippen LogP contribution in [0.4, 0.5) is 0 Å². The van der Waals surface area contributed by atoms with Gasteiger partial charge in [0.2, 0.25) is 0 Å². The largest absolute Gasteiger partial charge is 0.343 e. The van der Waals surface area contributed by atoms with Crippen LogP contribution in [0.5, 0.6) is 0 Å². The highest BCUT2D eigenvalue weighted by molar-refractivity contribution is 6.02. The Labute approximate surface area is 199 Å². The average Bonchev–Trinajstić information content (AvgIpc) is 3.31. The van der Waals surface area contributed by atoms with Crippen molar-refractivity contribution in [3.63, 3.8) is 0 Å². The molecule has 166 valence electrons. The lowest BCUT2D eigenvalue weighted by Crippen LogP contribution is -2.28. The molecule has 1 aliphatic heterocycles. The van der Waals surface area contributed by atoms with Gasteiger partial charge in [-0.1, -0.05) is 96.6 Å². The summed E-state index contributed by atoms with van der Waals surface area (Å²) < 4.78 is 2.28. The summed E-state index contributed by atoms with van der Waals surface area (Å²) in [6.45, 7) is 2.68. The van der Waals surface area contributed by atoms with E-state index in [9.17, 15) is 4.79 Å². The summed E-state index contributed by atoms with van der Waals surface area (Å²) in [6.07, 6.45) is 0. The van der Waals surface area contributed by atoms with E-state index in [1.807, 2.05) is 41.3 Å². The first-order chi connectivity index (χ1) is 16.6. The van der Waals surface area contributed by atoms with Crippen LogP contribution in [0.3, 0.4) is 0 Å². The zero-order valence-corrected chi connectivity index (χ0v) is 19.4. The van der Waals surface area contributed by atoms with E-state index in [2.05, 4.69) is 85.3 Å². The number of aryl methyl sites for hydroxylation is 2. The van der Waals surface area contributed by atoms with Crippen LogP contribution in [-0.4, -0.2) is 15.4 Å². The topological polar surface area (TPSA) is 25.2 Å². The number of fused-ring (bicyclic) bond motifs is 2. The van der Waals surface area contributed by atoms with E-state index < -0.39 is 0 Å². The number of aromatic nitrogens is 1. The molecule has 1 aromatic heterocycles. The van der Waals surface area contributed by atoms with Crippen molar-refractivity contribution >= 4 is 16.8 Å². The Morgan fingerprint density at radius 1 is 0.765 bits per heavy atom. The van der Waals surface area contributed by atoms with Gasteiger partial charge in [-0.2, -0.15) is 0 Å². The molecule has 1 aliphatic rings. The standard InChI is InChI=1S/C31H26N2O/c1-21-16-18-23(19-17-21)29-28(26-14-8-9-15-27(26)32(29)2)30-24-12-6-7-13-25(24)31(34)33(30)20-22-10-4-3-5-11-22/h3-19,30H,20H2,1-2H3/t30-/m0/s1. The summed E-state index contributed by atoms with van der Waals surface area (Å²) in [6, 6.07) is 35.4. The van der Waals surface area contributed by atoms with Crippen LogP contribution in [0, 0.1) is 6.92 Å². The Hall–Kier alpha value is -4.11. The Morgan fingerprint density at radius 2 is 1.44 bits per heavy atom. The summed E-state index contributed by atoms with van der Waals surface area (Å²) in [5.74, 6) is 0.0900. The molecule has 0 radical (unpaired) electrons. The number of hydrogen-bond acceptors (Lipinski definition) is 1. The van der Waals surface area contributed by atoms with Gasteiger partial charge in [0.15, 0.2) is 0 Å². The fourth-order valence-corrected chi connectivity index (χ4v) is 5.38. The van der Waals surface area contributed by atoms with Gasteiger partial charge in [-0.05, 0) is 35.7 Å². The summed E-state index contributed by atoms with van der Waals surface area (Å²) >= 11 is 0. The highest BCUT2D eigenvalue weighted by Crippen LogP contribution is 2.46. The van der Waals surface area contributed by atoms with E-state index in [0.29, 0.717) is 6.54 Å². The van der Waals surface area contributed by atoms with Crippen molar-refractivity contribution in [3.05, 3.63) is 131 Å². The second kappa shape index (κ2) is 8.03. The molecule has 1 atom stereocenters. The van der Waals surface area contributed by atoms with Crippen molar-refractivity contribution in [3.8, 4) is 11.3 Å². The molecule has 0 spiro atoms. The second-order valence-corrected chi connectivity index (χ2v) is 9.11. The molecule has 0 aliphatic carbocycles. The van der Waals surface area contributed by atoms with Gasteiger partial charge < -0.3 is 9.47 Å². The molecule has 34 heavy (non-hydrogen) atoms. The Kier molecular flexibility index (Phi) is 4.84. The fourth-order valence-electron chi connectivity index (χ4n) is 5.38. The summed E-state index contributed by atoms with van der Waals surface area (Å²) in [7, 11) is 2.13. The third kappa shape index (κ3) is 3.16. The van der Waals surface area contributed by atoms with Crippen LogP contribution < -0.4 is 0 Å². The molecule has 2 heterocycles. The van der Waals surface area contributed by atoms with Gasteiger partial charge in [0.05, 0.1) is 11.7 Å². The second-order valence-electron chi connectivity index (χ2n) is 9.11. The first kappa shape index (κ1) is 20.5. The van der Waals surface area contributed by atoms with E-state index >= 15 is 0 Å². The van der Waals surface area contributed by atoms with Crippen LogP contribution in [0.2, 0.25) is 0 Å². The third-order valence-electron chi connectivity index (χ3n) is 7.00. The Balaban J connectivity index is 1.63. The molecule has 0 unspecified atom stereocenters. The number of rotatable bonds is 4. The number of hydrogen-bond donors (Lipinski definition) is 0. The Bertz CT molecular complexity index is 1510. The van der Waals surface area contributed by atoms with E-state index in [-0.39, 0.29) is 11.9 Å². The number of carbonyl (C=O) groups is 1. The first-order valence-electron chi connectivity index (χ1n) is 11.7. The highest BCUT2D eigenvalue weighted by Gasteiger charge is 2.40. The maximum atomic E-state index is 13.7. The fraction of sp³-hybridized carbons (Fsp3) is 0.129. The molecule has 0 saturated carbocycles. The smallest absolute Gasteiger partial charge is 0.255 e. The molecule has 0 N–H and O–H groups in total. The zero-order chi connectivity index (χ0) is 23.2. The number of para-hydroxylation sites is 1. The van der Waals surface area contributed by atoms with Gasteiger partial charge >= 0.3 is 0 Å². The number of benzene rings is 4. The van der Waals surface area contributed by atoms with E-state index in [0.717, 1.165) is 27.9 Å². The molecule has 5 aromatic rings. The monoisotopic (exact) mass is 442 g/mol. The quantitative estimate of drug-likeness (QED) is 0.297. The van der Waals surface area contributed by atoms with Crippen molar-refractivity contribution < 1.29 is 4.79 Å². The van der Waals surface area contributed by atoms with Crippen molar-refractivity contribution in [1.82, 2.24) is 9.47 Å². The predicted molar refractivity (Wildman–Crippen MR) is 138 cm³/mol. The summed E-state index contributed by atoms with van der Waals surface area (Å²) in [5.41, 5.74) is 8.92. The number of amides is 1. The molecular formula is C31H26N2O. The van der Waals surface area contributed by atoms with Gasteiger partial charge in [-0.15, -0.1) is 0 Å². The molecule has 0 saturated heterocycles. The van der Waals surface area contributed by atoms with Gasteiger partial charge in [-0.3, -0.25) is 4.79 Å². The predicted octanol–water partition coefficient (Wildman–Crippen LogP) is 6.90. The molecule has 0 bridgehead atoms. The maximum absolute atomic E-state index is 13.7. The molecule has 4 aromatic carbocycles. The van der Waals surface area contributed by atoms with Gasteiger partial charge in [0.1, 0.15) is 0 Å². The van der Waals surface area contributed by atoms with Crippen LogP contribution >= 0.6 is 0 Å². The number of carbonyl (C=O) groups excluding carboxylic acids is 1. The lowest BCUT2D eigenvalue weighted by Gasteiger charge is -2.27. The van der Waals surface area contributed by atoms with E-state index in [4.69, 9.17) is 0 Å². The van der Waals surface area contributed by atoms with Gasteiger partial charge in [0.25, 0.3) is 5.91 Å². The molecule has 0 fully saturated rings. The normalized spacial score (nSPS) is 15.2. The van der Waals surface area contributed by atoms with Crippen LogP contribution in [-0.2, 0) is 13.6 Å². The Morgan fingerprint density at radius 3 is 2.24 bits per heavy atom. The minimum atomic E-state index is -0.161. The average molecular weight is 443 g/mol. The minimum absolute atomic E-state index is 0.0900. The molecule has 3 nitrogen and oxygen atoms in total. The SMILES string of the molecule is Cc1ccc(-c2c([C@@H]3c4ccccc4C(=O)N3Cc3ccccc3)c3ccccc3n2C)cc1. The maximum Gasteiger partial charge on any atom is 0.255 e. The molecular weight excluding hydrogens is 416 g/mol. The summed E-state index contributed by atoms with van der Waals surface area (Å²) in [4.78, 5) is 15.8. The molecule has 6 rings (SSSR count). The lowest BCUT2D eigenvalue weighted by molar-refractivity contribution is 0.0737. The van der Waals surface area contributed by atoms with E-state index in [1.54, 1.807) is 0 Å². The van der Waals surface area contributed by atoms with Crippen molar-refractivity contribution in [2.75, 3.05) is 0 Å². The van der Waals surface area contributed by atoms with Crippen molar-refractivity contribution in [1.29, 1.82) is 0 Å². The number of nitrogens with zero attached hydrogens (tertiary/aromatic N) is 2. The zero-order valence-electron chi connectivity index (χ0n) is 19.4. The highest BCUT2D eigenvalue weighted by atomic mass is 16.2. The van der Waals surface area contributed by atoms with Crippen LogP contribution in [0.1, 0.15) is 38.7 Å². The van der Waals surface area contributed by atoms with E-state index in [1.165, 1.54) is 22.0 Å².